The normalized spacial score (nSPS) is 13.1. The van der Waals surface area contributed by atoms with Gasteiger partial charge in [0.05, 0.1) is 0 Å². The first-order valence-corrected chi connectivity index (χ1v) is 12.4. The smallest absolute Gasteiger partial charge is 0.0159 e. The van der Waals surface area contributed by atoms with Crippen LogP contribution in [0.25, 0.3) is 44.2 Å². The van der Waals surface area contributed by atoms with Gasteiger partial charge in [0.25, 0.3) is 0 Å². The minimum absolute atomic E-state index is 0.0366. The van der Waals surface area contributed by atoms with Crippen LogP contribution >= 0.6 is 0 Å². The quantitative estimate of drug-likeness (QED) is 0.256. The highest BCUT2D eigenvalue weighted by molar-refractivity contribution is 5.97. The summed E-state index contributed by atoms with van der Waals surface area (Å²) in [6.07, 6.45) is 0. The van der Waals surface area contributed by atoms with E-state index in [-0.39, 0.29) is 5.41 Å². The van der Waals surface area contributed by atoms with Crippen LogP contribution in [0.2, 0.25) is 0 Å². The number of hydrogen-bond acceptors (Lipinski definition) is 0. The molecular weight excluding hydrogens is 408 g/mol. The highest BCUT2D eigenvalue weighted by Crippen LogP contribution is 2.50. The van der Waals surface area contributed by atoms with Crippen molar-refractivity contribution < 1.29 is 0 Å². The summed E-state index contributed by atoms with van der Waals surface area (Å²) in [6.45, 7) is 10.9. The molecule has 0 amide bonds. The second-order valence-corrected chi connectivity index (χ2v) is 9.54. The molecule has 168 valence electrons. The summed E-state index contributed by atoms with van der Waals surface area (Å²) in [5, 5.41) is 2.60. The Bertz CT molecular complexity index is 1500. The Morgan fingerprint density at radius 2 is 1.09 bits per heavy atom. The summed E-state index contributed by atoms with van der Waals surface area (Å²) in [5.41, 5.74) is 12.0. The van der Waals surface area contributed by atoms with Crippen LogP contribution in [0.3, 0.4) is 0 Å². The van der Waals surface area contributed by atoms with Crippen LogP contribution in [-0.4, -0.2) is 0 Å². The molecule has 5 aromatic carbocycles. The van der Waals surface area contributed by atoms with Crippen molar-refractivity contribution in [3.8, 4) is 33.4 Å². The van der Waals surface area contributed by atoms with Crippen molar-refractivity contribution in [3.63, 3.8) is 0 Å². The van der Waals surface area contributed by atoms with E-state index in [0.717, 1.165) is 0 Å². The predicted octanol–water partition coefficient (Wildman–Crippen LogP) is 9.81. The van der Waals surface area contributed by atoms with Crippen molar-refractivity contribution in [3.05, 3.63) is 120 Å². The van der Waals surface area contributed by atoms with E-state index in [1.54, 1.807) is 0 Å². The minimum Gasteiger partial charge on any atom is -0.0683 e. The standard InChI is InChI=1S/C32H26.C2H6/c1-21-8-6-11-23(18-21)24-14-16-28-29-17-15-25(20-31(29)32(2,3)30(28)19-24)27-13-7-10-22-9-4-5-12-26(22)27;1-2/h4-20H,1-3H3;1-2H3. The van der Waals surface area contributed by atoms with Crippen molar-refractivity contribution in [2.75, 3.05) is 0 Å². The van der Waals surface area contributed by atoms with Crippen LogP contribution in [0.1, 0.15) is 44.4 Å². The first kappa shape index (κ1) is 22.2. The number of benzene rings is 5. The average molecular weight is 441 g/mol. The number of fused-ring (bicyclic) bond motifs is 4. The summed E-state index contributed by atoms with van der Waals surface area (Å²) in [4.78, 5) is 0. The van der Waals surface area contributed by atoms with Crippen molar-refractivity contribution in [2.45, 2.75) is 40.0 Å². The van der Waals surface area contributed by atoms with Crippen molar-refractivity contribution in [1.29, 1.82) is 0 Å². The molecule has 0 aromatic heterocycles. The van der Waals surface area contributed by atoms with Gasteiger partial charge in [0, 0.05) is 5.41 Å². The van der Waals surface area contributed by atoms with Crippen LogP contribution in [0.4, 0.5) is 0 Å². The van der Waals surface area contributed by atoms with E-state index < -0.39 is 0 Å². The van der Waals surface area contributed by atoms with E-state index in [2.05, 4.69) is 124 Å². The summed E-state index contributed by atoms with van der Waals surface area (Å²) in [7, 11) is 0. The molecule has 1 aliphatic carbocycles. The fraction of sp³-hybridized carbons (Fsp3) is 0.176. The third-order valence-corrected chi connectivity index (χ3v) is 7.13. The van der Waals surface area contributed by atoms with E-state index in [4.69, 9.17) is 0 Å². The van der Waals surface area contributed by atoms with Gasteiger partial charge in [0.15, 0.2) is 0 Å². The lowest BCUT2D eigenvalue weighted by Crippen LogP contribution is -2.15. The molecule has 0 heterocycles. The van der Waals surface area contributed by atoms with E-state index >= 15 is 0 Å². The zero-order valence-corrected chi connectivity index (χ0v) is 20.8. The Balaban J connectivity index is 0.00000117. The van der Waals surface area contributed by atoms with Crippen molar-refractivity contribution >= 4 is 10.8 Å². The van der Waals surface area contributed by atoms with Crippen LogP contribution in [-0.2, 0) is 5.41 Å². The van der Waals surface area contributed by atoms with Gasteiger partial charge >= 0.3 is 0 Å². The molecule has 0 radical (unpaired) electrons. The predicted molar refractivity (Wildman–Crippen MR) is 148 cm³/mol. The molecule has 0 heteroatoms. The van der Waals surface area contributed by atoms with Crippen LogP contribution in [0.15, 0.2) is 103 Å². The molecule has 0 saturated heterocycles. The summed E-state index contributed by atoms with van der Waals surface area (Å²) >= 11 is 0. The second-order valence-electron chi connectivity index (χ2n) is 9.54. The maximum absolute atomic E-state index is 2.42. The van der Waals surface area contributed by atoms with Crippen LogP contribution < -0.4 is 0 Å². The number of hydrogen-bond donors (Lipinski definition) is 0. The molecule has 0 nitrogen and oxygen atoms in total. The molecule has 0 atom stereocenters. The molecule has 0 saturated carbocycles. The molecule has 6 rings (SSSR count). The van der Waals surface area contributed by atoms with E-state index in [1.165, 1.54) is 60.8 Å². The Labute approximate surface area is 203 Å². The van der Waals surface area contributed by atoms with Gasteiger partial charge in [0.2, 0.25) is 0 Å². The molecule has 1 aliphatic rings. The number of aryl methyl sites for hydroxylation is 1. The summed E-state index contributed by atoms with van der Waals surface area (Å²) in [5.74, 6) is 0. The van der Waals surface area contributed by atoms with Gasteiger partial charge in [-0.15, -0.1) is 0 Å². The van der Waals surface area contributed by atoms with E-state index in [1.807, 2.05) is 13.8 Å². The lowest BCUT2D eigenvalue weighted by Gasteiger charge is -2.23. The molecule has 0 spiro atoms. The summed E-state index contributed by atoms with van der Waals surface area (Å²) in [6, 6.07) is 38.1. The Hall–Kier alpha value is -3.64. The Morgan fingerprint density at radius 1 is 0.500 bits per heavy atom. The third kappa shape index (κ3) is 3.55. The van der Waals surface area contributed by atoms with Gasteiger partial charge in [-0.1, -0.05) is 124 Å². The number of rotatable bonds is 2. The molecule has 34 heavy (non-hydrogen) atoms. The Morgan fingerprint density at radius 3 is 1.82 bits per heavy atom. The average Bonchev–Trinajstić information content (AvgIpc) is 3.10. The van der Waals surface area contributed by atoms with Gasteiger partial charge in [0.1, 0.15) is 0 Å². The highest BCUT2D eigenvalue weighted by atomic mass is 14.4. The topological polar surface area (TPSA) is 0 Å². The zero-order valence-electron chi connectivity index (χ0n) is 20.8. The van der Waals surface area contributed by atoms with Gasteiger partial charge < -0.3 is 0 Å². The van der Waals surface area contributed by atoms with Gasteiger partial charge in [-0.3, -0.25) is 0 Å². The molecule has 0 aliphatic heterocycles. The lowest BCUT2D eigenvalue weighted by atomic mass is 9.80. The highest BCUT2D eigenvalue weighted by Gasteiger charge is 2.35. The summed E-state index contributed by atoms with van der Waals surface area (Å²) < 4.78 is 0. The van der Waals surface area contributed by atoms with E-state index in [0.29, 0.717) is 0 Å². The maximum Gasteiger partial charge on any atom is 0.0159 e. The van der Waals surface area contributed by atoms with Gasteiger partial charge in [-0.2, -0.15) is 0 Å². The first-order chi connectivity index (χ1) is 16.5. The lowest BCUT2D eigenvalue weighted by molar-refractivity contribution is 0.661. The fourth-order valence-electron chi connectivity index (χ4n) is 5.39. The Kier molecular flexibility index (Phi) is 5.62. The van der Waals surface area contributed by atoms with Crippen molar-refractivity contribution in [1.82, 2.24) is 0 Å². The maximum atomic E-state index is 2.42. The molecular formula is C34H32. The van der Waals surface area contributed by atoms with Crippen LogP contribution in [0, 0.1) is 6.92 Å². The SMILES string of the molecule is CC.Cc1cccc(-c2ccc3c(c2)C(C)(C)c2cc(-c4cccc5ccccc45)ccc2-3)c1. The first-order valence-electron chi connectivity index (χ1n) is 12.4. The van der Waals surface area contributed by atoms with Gasteiger partial charge in [-0.25, -0.2) is 0 Å². The molecule has 0 bridgehead atoms. The largest absolute Gasteiger partial charge is 0.0683 e. The second kappa shape index (κ2) is 8.61. The monoisotopic (exact) mass is 440 g/mol. The third-order valence-electron chi connectivity index (χ3n) is 7.13. The molecule has 0 fully saturated rings. The van der Waals surface area contributed by atoms with E-state index in [9.17, 15) is 0 Å². The van der Waals surface area contributed by atoms with Gasteiger partial charge in [-0.05, 0) is 74.3 Å². The molecule has 0 N–H and O–H groups in total. The van der Waals surface area contributed by atoms with Crippen LogP contribution in [0.5, 0.6) is 0 Å². The molecule has 5 aromatic rings. The molecule has 0 unspecified atom stereocenters. The van der Waals surface area contributed by atoms with Crippen molar-refractivity contribution in [2.24, 2.45) is 0 Å². The minimum atomic E-state index is -0.0366. The zero-order chi connectivity index (χ0) is 23.9. The fourth-order valence-corrected chi connectivity index (χ4v) is 5.39.